The molecule has 6 aromatic rings. The van der Waals surface area contributed by atoms with Gasteiger partial charge in [-0.05, 0) is 76.2 Å². The summed E-state index contributed by atoms with van der Waals surface area (Å²) in [6.45, 7) is 20.9. The van der Waals surface area contributed by atoms with Crippen molar-refractivity contribution in [1.29, 1.82) is 0 Å². The summed E-state index contributed by atoms with van der Waals surface area (Å²) in [4.78, 5) is 26.6. The molecule has 18 heteroatoms. The molecule has 58 heavy (non-hydrogen) atoms. The third-order valence-corrected chi connectivity index (χ3v) is 7.90. The third-order valence-electron chi connectivity index (χ3n) is 7.90. The molecule has 0 bridgehead atoms. The lowest BCUT2D eigenvalue weighted by Gasteiger charge is -2.27. The average molecular weight is 807 g/mol. The molecule has 0 atom stereocenters. The number of halogens is 3. The zero-order valence-electron chi connectivity index (χ0n) is 34.8. The van der Waals surface area contributed by atoms with E-state index in [9.17, 15) is 8.78 Å². The Labute approximate surface area is 334 Å². The van der Waals surface area contributed by atoms with Gasteiger partial charge in [-0.1, -0.05) is 6.92 Å². The van der Waals surface area contributed by atoms with E-state index in [4.69, 9.17) is 23.7 Å². The van der Waals surface area contributed by atoms with Crippen LogP contribution in [0.25, 0.3) is 33.8 Å². The molecule has 0 amide bonds. The molecule has 0 radical (unpaired) electrons. The minimum atomic E-state index is -3.05. The molecule has 0 aliphatic heterocycles. The minimum Gasteiger partial charge on any atom is -0.483 e. The molecule has 6 heterocycles. The maximum Gasteiger partial charge on any atom is 0.320 e. The number of nitrogens with zero attached hydrogens (tertiary/aromatic N) is 10. The first-order valence-corrected chi connectivity index (χ1v) is 18.8. The second-order valence-corrected chi connectivity index (χ2v) is 17.4. The van der Waals surface area contributed by atoms with Gasteiger partial charge < -0.3 is 23.7 Å². The Bertz CT molecular complexity index is 2430. The molecule has 0 aliphatic rings. The molecule has 0 aliphatic carbocycles. The highest BCUT2D eigenvalue weighted by Gasteiger charge is 2.31. The largest absolute Gasteiger partial charge is 0.483 e. The zero-order valence-corrected chi connectivity index (χ0v) is 34.8. The van der Waals surface area contributed by atoms with Gasteiger partial charge in [0, 0.05) is 49.8 Å². The van der Waals surface area contributed by atoms with Crippen LogP contribution in [0.4, 0.5) is 13.2 Å². The standard InChI is InChI=1S/C40H49F3N10O5/c1-13-40(42,43)22-54-29-17-28(50-52-15-14-44-31(29)52)25-20-46-35(58-38(8,9)10)49-33(25)56-39(11,12)18-23-21-53-30(47-23)26(41)16-27(51-53)24-19-45-34(57-37(5,6)7)48-32(24)55-36(2,3)4/h14-17,19-21H,13,18,22H2,1-12H3. The predicted octanol–water partition coefficient (Wildman–Crippen LogP) is 8.18. The fourth-order valence-electron chi connectivity index (χ4n) is 5.49. The highest BCUT2D eigenvalue weighted by molar-refractivity contribution is 5.69. The first-order chi connectivity index (χ1) is 26.9. The fourth-order valence-corrected chi connectivity index (χ4v) is 5.49. The van der Waals surface area contributed by atoms with Crippen LogP contribution in [0.3, 0.4) is 0 Å². The van der Waals surface area contributed by atoms with Gasteiger partial charge in [-0.25, -0.2) is 42.1 Å². The van der Waals surface area contributed by atoms with Gasteiger partial charge in [0.2, 0.25) is 11.8 Å². The van der Waals surface area contributed by atoms with E-state index in [2.05, 4.69) is 40.1 Å². The lowest BCUT2D eigenvalue weighted by molar-refractivity contribution is -0.0433. The first kappa shape index (κ1) is 41.8. The lowest BCUT2D eigenvalue weighted by Crippen LogP contribution is -2.32. The van der Waals surface area contributed by atoms with Gasteiger partial charge in [-0.3, -0.25) is 0 Å². The summed E-state index contributed by atoms with van der Waals surface area (Å²) in [5.41, 5.74) is -1.04. The van der Waals surface area contributed by atoms with E-state index in [-0.39, 0.29) is 58.6 Å². The van der Waals surface area contributed by atoms with E-state index < -0.39 is 47.2 Å². The van der Waals surface area contributed by atoms with E-state index in [0.29, 0.717) is 16.8 Å². The lowest BCUT2D eigenvalue weighted by atomic mass is 10.0. The van der Waals surface area contributed by atoms with Crippen molar-refractivity contribution in [2.75, 3.05) is 6.61 Å². The van der Waals surface area contributed by atoms with E-state index in [1.54, 1.807) is 12.4 Å². The zero-order chi connectivity index (χ0) is 42.4. The average Bonchev–Trinajstić information content (AvgIpc) is 3.72. The van der Waals surface area contributed by atoms with Crippen molar-refractivity contribution < 1.29 is 36.9 Å². The molecule has 0 spiro atoms. The second-order valence-electron chi connectivity index (χ2n) is 17.4. The molecule has 6 rings (SSSR count). The number of alkyl halides is 2. The monoisotopic (exact) mass is 806 g/mol. The number of hydrogen-bond acceptors (Lipinski definition) is 13. The second kappa shape index (κ2) is 15.2. The van der Waals surface area contributed by atoms with E-state index in [1.165, 1.54) is 46.7 Å². The maximum atomic E-state index is 15.8. The topological polar surface area (TPSA) is 158 Å². The van der Waals surface area contributed by atoms with Crippen LogP contribution in [0.2, 0.25) is 0 Å². The van der Waals surface area contributed by atoms with E-state index in [0.717, 1.165) is 0 Å². The Hall–Kier alpha value is -5.81. The highest BCUT2D eigenvalue weighted by Crippen LogP contribution is 2.36. The summed E-state index contributed by atoms with van der Waals surface area (Å²) in [7, 11) is 0. The van der Waals surface area contributed by atoms with Crippen LogP contribution < -0.4 is 23.7 Å². The van der Waals surface area contributed by atoms with Crippen molar-refractivity contribution >= 4 is 11.3 Å². The normalized spacial score (nSPS) is 12.9. The summed E-state index contributed by atoms with van der Waals surface area (Å²) in [6.07, 6.45) is 7.39. The van der Waals surface area contributed by atoms with Crippen LogP contribution in [0.5, 0.6) is 29.5 Å². The van der Waals surface area contributed by atoms with Crippen LogP contribution >= 0.6 is 0 Å². The van der Waals surface area contributed by atoms with Crippen molar-refractivity contribution in [2.24, 2.45) is 0 Å². The van der Waals surface area contributed by atoms with Crippen molar-refractivity contribution in [1.82, 2.24) is 49.1 Å². The number of hydrogen-bond donors (Lipinski definition) is 0. The van der Waals surface area contributed by atoms with Gasteiger partial charge in [0.05, 0.1) is 23.0 Å². The Morgan fingerprint density at radius 2 is 1.21 bits per heavy atom. The predicted molar refractivity (Wildman–Crippen MR) is 208 cm³/mol. The van der Waals surface area contributed by atoms with Gasteiger partial charge in [0.25, 0.3) is 5.92 Å². The third kappa shape index (κ3) is 10.4. The van der Waals surface area contributed by atoms with Crippen LogP contribution in [-0.2, 0) is 6.42 Å². The first-order valence-electron chi connectivity index (χ1n) is 18.8. The smallest absolute Gasteiger partial charge is 0.320 e. The molecule has 6 aromatic heterocycles. The molecular formula is C40H49F3N10O5. The molecule has 0 unspecified atom stereocenters. The molecule has 0 N–H and O–H groups in total. The van der Waals surface area contributed by atoms with Crippen molar-refractivity contribution in [3.05, 3.63) is 54.6 Å². The molecule has 0 saturated carbocycles. The quantitative estimate of drug-likeness (QED) is 0.110. The van der Waals surface area contributed by atoms with Crippen molar-refractivity contribution in [3.8, 4) is 52.0 Å². The number of ether oxygens (including phenoxy) is 5. The Balaban J connectivity index is 1.34. The van der Waals surface area contributed by atoms with Crippen LogP contribution in [0.1, 0.15) is 95.2 Å². The summed E-state index contributed by atoms with van der Waals surface area (Å²) in [5, 5.41) is 9.28. The maximum absolute atomic E-state index is 15.8. The number of imidazole rings is 2. The van der Waals surface area contributed by atoms with Gasteiger partial charge in [0.15, 0.2) is 29.5 Å². The molecular weight excluding hydrogens is 757 g/mol. The van der Waals surface area contributed by atoms with Gasteiger partial charge in [-0.15, -0.1) is 0 Å². The van der Waals surface area contributed by atoms with Crippen molar-refractivity contribution in [2.45, 2.75) is 124 Å². The number of fused-ring (bicyclic) bond motifs is 2. The molecule has 0 aromatic carbocycles. The Morgan fingerprint density at radius 1 is 0.655 bits per heavy atom. The minimum absolute atomic E-state index is 0.0101. The molecule has 0 saturated heterocycles. The summed E-state index contributed by atoms with van der Waals surface area (Å²) in [5.74, 6) is -3.35. The highest BCUT2D eigenvalue weighted by atomic mass is 19.3. The van der Waals surface area contributed by atoms with Gasteiger partial charge in [0.1, 0.15) is 33.8 Å². The van der Waals surface area contributed by atoms with Gasteiger partial charge >= 0.3 is 12.0 Å². The summed E-state index contributed by atoms with van der Waals surface area (Å²) in [6, 6.07) is 2.88. The van der Waals surface area contributed by atoms with Crippen molar-refractivity contribution in [3.63, 3.8) is 0 Å². The summed E-state index contributed by atoms with van der Waals surface area (Å²) < 4.78 is 77.2. The SMILES string of the molecule is CCC(F)(F)COc1cc(-c2cnc(OC(C)(C)C)nc2OC(C)(C)Cc2cn3nc(-c4cnc(OC(C)(C)C)nc4OC(C)(C)C)cc(F)c3n2)nn2ccnc12. The fraction of sp³-hybridized carbons (Fsp3) is 0.500. The Kier molecular flexibility index (Phi) is 10.9. The van der Waals surface area contributed by atoms with Gasteiger partial charge in [-0.2, -0.15) is 20.2 Å². The number of rotatable bonds is 13. The van der Waals surface area contributed by atoms with E-state index >= 15 is 4.39 Å². The molecule has 310 valence electrons. The van der Waals surface area contributed by atoms with Crippen LogP contribution in [-0.4, -0.2) is 84.1 Å². The van der Waals surface area contributed by atoms with Crippen LogP contribution in [0.15, 0.2) is 43.1 Å². The summed E-state index contributed by atoms with van der Waals surface area (Å²) >= 11 is 0. The van der Waals surface area contributed by atoms with E-state index in [1.807, 2.05) is 76.2 Å². The van der Waals surface area contributed by atoms with Crippen LogP contribution in [0, 0.1) is 5.82 Å². The number of aromatic nitrogens is 10. The molecule has 15 nitrogen and oxygen atoms in total. The molecule has 0 fully saturated rings. The Morgan fingerprint density at radius 3 is 1.78 bits per heavy atom.